The Morgan fingerprint density at radius 1 is 1.38 bits per heavy atom. The first kappa shape index (κ1) is 16.2. The summed E-state index contributed by atoms with van der Waals surface area (Å²) in [5.74, 6) is 0.453. The Labute approximate surface area is 147 Å². The highest BCUT2D eigenvalue weighted by molar-refractivity contribution is 6.05. The molecule has 26 heavy (non-hydrogen) atoms. The van der Waals surface area contributed by atoms with Crippen LogP contribution in [0.15, 0.2) is 22.7 Å². The van der Waals surface area contributed by atoms with Crippen molar-refractivity contribution in [1.29, 1.82) is 0 Å². The lowest BCUT2D eigenvalue weighted by molar-refractivity contribution is -0.384. The van der Waals surface area contributed by atoms with E-state index in [9.17, 15) is 14.9 Å². The zero-order valence-corrected chi connectivity index (χ0v) is 14.0. The average Bonchev–Trinajstić information content (AvgIpc) is 3.33. The second kappa shape index (κ2) is 5.90. The Hall–Kier alpha value is -3.30. The Balaban J connectivity index is 1.70. The Kier molecular flexibility index (Phi) is 3.67. The van der Waals surface area contributed by atoms with E-state index in [1.54, 1.807) is 6.92 Å². The van der Waals surface area contributed by atoms with Crippen LogP contribution in [0.1, 0.15) is 47.9 Å². The number of amides is 1. The van der Waals surface area contributed by atoms with Crippen LogP contribution < -0.4 is 5.32 Å². The largest absolute Gasteiger partial charge is 0.340 e. The first-order valence-corrected chi connectivity index (χ1v) is 8.24. The molecule has 2 heterocycles. The minimum absolute atomic E-state index is 0.0997. The lowest BCUT2D eigenvalue weighted by Crippen LogP contribution is -2.44. The van der Waals surface area contributed by atoms with Crippen LogP contribution in [0.3, 0.4) is 0 Å². The summed E-state index contributed by atoms with van der Waals surface area (Å²) in [6.45, 7) is 1.70. The number of hydrogen-bond acceptors (Lipinski definition) is 7. The van der Waals surface area contributed by atoms with Gasteiger partial charge in [0.1, 0.15) is 5.54 Å². The molecule has 134 valence electrons. The SMILES string of the molecule is Cc1nc(C2(NC(=O)c3n[nH]c4ccc([N+](=O)[O-])cc34)CCCC2)no1. The molecule has 1 aliphatic carbocycles. The van der Waals surface area contributed by atoms with Crippen LogP contribution in [0.25, 0.3) is 10.9 Å². The van der Waals surface area contributed by atoms with E-state index >= 15 is 0 Å². The van der Waals surface area contributed by atoms with E-state index in [-0.39, 0.29) is 11.4 Å². The number of hydrogen-bond donors (Lipinski definition) is 2. The monoisotopic (exact) mass is 356 g/mol. The predicted molar refractivity (Wildman–Crippen MR) is 89.4 cm³/mol. The molecule has 0 unspecified atom stereocenters. The minimum Gasteiger partial charge on any atom is -0.340 e. The van der Waals surface area contributed by atoms with Gasteiger partial charge < -0.3 is 9.84 Å². The van der Waals surface area contributed by atoms with E-state index in [1.165, 1.54) is 18.2 Å². The molecule has 2 N–H and O–H groups in total. The van der Waals surface area contributed by atoms with Crippen LogP contribution in [0, 0.1) is 17.0 Å². The fourth-order valence-corrected chi connectivity index (χ4v) is 3.44. The predicted octanol–water partition coefficient (Wildman–Crippen LogP) is 2.36. The number of aromatic nitrogens is 4. The highest BCUT2D eigenvalue weighted by Gasteiger charge is 2.42. The molecular weight excluding hydrogens is 340 g/mol. The number of nitro groups is 1. The number of nitro benzene ring substituents is 1. The van der Waals surface area contributed by atoms with Crippen molar-refractivity contribution in [2.75, 3.05) is 0 Å². The topological polar surface area (TPSA) is 140 Å². The van der Waals surface area contributed by atoms with Crippen molar-refractivity contribution >= 4 is 22.5 Å². The van der Waals surface area contributed by atoms with Crippen LogP contribution in [0.2, 0.25) is 0 Å². The maximum absolute atomic E-state index is 12.9. The summed E-state index contributed by atoms with van der Waals surface area (Å²) in [4.78, 5) is 27.7. The van der Waals surface area contributed by atoms with Gasteiger partial charge in [-0.1, -0.05) is 18.0 Å². The van der Waals surface area contributed by atoms with Crippen LogP contribution >= 0.6 is 0 Å². The van der Waals surface area contributed by atoms with Crippen LogP contribution in [-0.4, -0.2) is 31.2 Å². The van der Waals surface area contributed by atoms with Crippen LogP contribution in [0.5, 0.6) is 0 Å². The fourth-order valence-electron chi connectivity index (χ4n) is 3.44. The van der Waals surface area contributed by atoms with Crippen molar-refractivity contribution < 1.29 is 14.2 Å². The number of nitrogens with zero attached hydrogens (tertiary/aromatic N) is 4. The van der Waals surface area contributed by atoms with E-state index < -0.39 is 16.4 Å². The van der Waals surface area contributed by atoms with E-state index in [4.69, 9.17) is 4.52 Å². The first-order chi connectivity index (χ1) is 12.5. The fraction of sp³-hybridized carbons (Fsp3) is 0.375. The second-order valence-corrected chi connectivity index (χ2v) is 6.44. The Bertz CT molecular complexity index is 1000. The van der Waals surface area contributed by atoms with Crippen molar-refractivity contribution in [3.8, 4) is 0 Å². The average molecular weight is 356 g/mol. The normalized spacial score (nSPS) is 16.0. The van der Waals surface area contributed by atoms with Crippen molar-refractivity contribution in [2.45, 2.75) is 38.1 Å². The maximum Gasteiger partial charge on any atom is 0.273 e. The van der Waals surface area contributed by atoms with Gasteiger partial charge in [-0.3, -0.25) is 20.0 Å². The van der Waals surface area contributed by atoms with Crippen molar-refractivity contribution in [3.05, 3.63) is 45.7 Å². The number of aryl methyl sites for hydroxylation is 1. The van der Waals surface area contributed by atoms with Gasteiger partial charge in [-0.2, -0.15) is 10.1 Å². The molecule has 1 aliphatic rings. The molecule has 0 atom stereocenters. The molecule has 0 radical (unpaired) electrons. The molecule has 1 amide bonds. The lowest BCUT2D eigenvalue weighted by Gasteiger charge is -2.26. The zero-order valence-electron chi connectivity index (χ0n) is 14.0. The zero-order chi connectivity index (χ0) is 18.3. The summed E-state index contributed by atoms with van der Waals surface area (Å²) < 4.78 is 5.08. The standard InChI is InChI=1S/C16H16N6O4/c1-9-17-15(21-26-9)16(6-2-3-7-16)18-14(23)13-11-8-10(22(24)25)4-5-12(11)19-20-13/h4-5,8H,2-3,6-7H2,1H3,(H,18,23)(H,19,20). The number of aromatic amines is 1. The number of carbonyl (C=O) groups is 1. The van der Waals surface area contributed by atoms with Gasteiger partial charge in [-0.25, -0.2) is 0 Å². The molecule has 10 heteroatoms. The summed E-state index contributed by atoms with van der Waals surface area (Å²) in [6.07, 6.45) is 3.25. The summed E-state index contributed by atoms with van der Waals surface area (Å²) in [5.41, 5.74) is -0.148. The summed E-state index contributed by atoms with van der Waals surface area (Å²) in [5, 5.41) is 25.2. The molecule has 0 saturated heterocycles. The first-order valence-electron chi connectivity index (χ1n) is 8.24. The van der Waals surface area contributed by atoms with Crippen molar-refractivity contribution in [1.82, 2.24) is 25.7 Å². The number of carbonyl (C=O) groups excluding carboxylic acids is 1. The van der Waals surface area contributed by atoms with Gasteiger partial charge in [0.25, 0.3) is 11.6 Å². The van der Waals surface area contributed by atoms with Gasteiger partial charge in [0.2, 0.25) is 5.89 Å². The minimum atomic E-state index is -0.708. The molecule has 0 aliphatic heterocycles. The molecule has 1 fully saturated rings. The molecular formula is C16H16N6O4. The molecule has 2 aromatic heterocycles. The third-order valence-corrected chi connectivity index (χ3v) is 4.74. The van der Waals surface area contributed by atoms with Gasteiger partial charge in [0.15, 0.2) is 11.5 Å². The van der Waals surface area contributed by atoms with Crippen molar-refractivity contribution in [3.63, 3.8) is 0 Å². The second-order valence-electron chi connectivity index (χ2n) is 6.44. The molecule has 0 bridgehead atoms. The summed E-state index contributed by atoms with van der Waals surface area (Å²) >= 11 is 0. The quantitative estimate of drug-likeness (QED) is 0.540. The third kappa shape index (κ3) is 2.59. The van der Waals surface area contributed by atoms with Gasteiger partial charge in [-0.15, -0.1) is 0 Å². The smallest absolute Gasteiger partial charge is 0.273 e. The number of H-pyrrole nitrogens is 1. The highest BCUT2D eigenvalue weighted by atomic mass is 16.6. The van der Waals surface area contributed by atoms with Gasteiger partial charge in [0.05, 0.1) is 10.4 Å². The molecule has 4 rings (SSSR count). The van der Waals surface area contributed by atoms with Gasteiger partial charge in [0, 0.05) is 24.4 Å². The van der Waals surface area contributed by atoms with Crippen molar-refractivity contribution in [2.24, 2.45) is 0 Å². The number of fused-ring (bicyclic) bond motifs is 1. The van der Waals surface area contributed by atoms with Gasteiger partial charge in [-0.05, 0) is 18.9 Å². The number of nitrogens with one attached hydrogen (secondary N) is 2. The summed E-state index contributed by atoms with van der Waals surface area (Å²) in [6, 6.07) is 4.24. The Morgan fingerprint density at radius 2 is 2.15 bits per heavy atom. The molecule has 3 aromatic rings. The van der Waals surface area contributed by atoms with E-state index in [2.05, 4.69) is 25.7 Å². The van der Waals surface area contributed by atoms with Gasteiger partial charge >= 0.3 is 0 Å². The van der Waals surface area contributed by atoms with E-state index in [0.29, 0.717) is 35.5 Å². The molecule has 0 spiro atoms. The Morgan fingerprint density at radius 3 is 2.81 bits per heavy atom. The molecule has 1 aromatic carbocycles. The number of benzene rings is 1. The highest BCUT2D eigenvalue weighted by Crippen LogP contribution is 2.37. The maximum atomic E-state index is 12.9. The third-order valence-electron chi connectivity index (χ3n) is 4.74. The number of rotatable bonds is 4. The lowest BCUT2D eigenvalue weighted by atomic mass is 9.96. The summed E-state index contributed by atoms with van der Waals surface area (Å²) in [7, 11) is 0. The van der Waals surface area contributed by atoms with E-state index in [0.717, 1.165) is 12.8 Å². The molecule has 1 saturated carbocycles. The van der Waals surface area contributed by atoms with E-state index in [1.807, 2.05) is 0 Å². The van der Waals surface area contributed by atoms with Crippen LogP contribution in [0.4, 0.5) is 5.69 Å². The number of non-ortho nitro benzene ring substituents is 1. The molecule has 10 nitrogen and oxygen atoms in total. The van der Waals surface area contributed by atoms with Crippen LogP contribution in [-0.2, 0) is 5.54 Å².